The maximum Gasteiger partial charge on any atom is 0.255 e. The summed E-state index contributed by atoms with van der Waals surface area (Å²) in [6.07, 6.45) is 0. The van der Waals surface area contributed by atoms with Gasteiger partial charge in [-0.25, -0.2) is 12.8 Å². The Hall–Kier alpha value is -2.65. The average Bonchev–Trinajstić information content (AvgIpc) is 2.80. The summed E-state index contributed by atoms with van der Waals surface area (Å²) in [6.45, 7) is 5.37. The SMILES string of the molecule is Cc1ccc(C)c(N2CCN(S(=O)(=O)c3cc(C(=O)Nc4cc(Cl)cc(Cl)c4)ccc3F)CC2)c1. The molecule has 0 unspecified atom stereocenters. The maximum atomic E-state index is 14.7. The van der Waals surface area contributed by atoms with E-state index < -0.39 is 26.6 Å². The highest BCUT2D eigenvalue weighted by Gasteiger charge is 2.31. The van der Waals surface area contributed by atoms with Gasteiger partial charge in [-0.3, -0.25) is 4.79 Å². The number of hydrogen-bond acceptors (Lipinski definition) is 4. The number of hydrogen-bond donors (Lipinski definition) is 1. The van der Waals surface area contributed by atoms with Crippen molar-refractivity contribution in [2.24, 2.45) is 0 Å². The Labute approximate surface area is 214 Å². The van der Waals surface area contributed by atoms with E-state index in [-0.39, 0.29) is 18.7 Å². The Kier molecular flexibility index (Phi) is 7.38. The predicted octanol–water partition coefficient (Wildman–Crippen LogP) is 5.51. The van der Waals surface area contributed by atoms with E-state index in [9.17, 15) is 17.6 Å². The second-order valence-corrected chi connectivity index (χ2v) is 11.2. The molecule has 10 heteroatoms. The Morgan fingerprint density at radius 2 is 1.57 bits per heavy atom. The van der Waals surface area contributed by atoms with Gasteiger partial charge in [0.05, 0.1) is 0 Å². The van der Waals surface area contributed by atoms with Crippen LogP contribution in [0.4, 0.5) is 15.8 Å². The van der Waals surface area contributed by atoms with Crippen LogP contribution in [0.15, 0.2) is 59.5 Å². The zero-order valence-electron chi connectivity index (χ0n) is 19.2. The minimum Gasteiger partial charge on any atom is -0.369 e. The minimum atomic E-state index is -4.15. The molecule has 4 rings (SSSR count). The molecule has 3 aromatic carbocycles. The lowest BCUT2D eigenvalue weighted by atomic mass is 10.1. The molecule has 0 bridgehead atoms. The standard InChI is InChI=1S/C25H24Cl2FN3O3S/c1-16-3-4-17(2)23(11-16)30-7-9-31(10-8-30)35(33,34)24-12-18(5-6-22(24)28)25(32)29-21-14-19(26)13-20(27)15-21/h3-6,11-15H,7-10H2,1-2H3,(H,29,32). The van der Waals surface area contributed by atoms with E-state index in [0.29, 0.717) is 28.8 Å². The van der Waals surface area contributed by atoms with Gasteiger partial charge in [0.25, 0.3) is 5.91 Å². The van der Waals surface area contributed by atoms with Crippen molar-refractivity contribution in [3.05, 3.63) is 87.2 Å². The first-order valence-electron chi connectivity index (χ1n) is 10.9. The Balaban J connectivity index is 1.52. The van der Waals surface area contributed by atoms with Crippen LogP contribution in [0.3, 0.4) is 0 Å². The number of amides is 1. The molecule has 1 saturated heterocycles. The van der Waals surface area contributed by atoms with Crippen molar-refractivity contribution >= 4 is 50.5 Å². The van der Waals surface area contributed by atoms with Crippen molar-refractivity contribution in [2.45, 2.75) is 18.7 Å². The van der Waals surface area contributed by atoms with Crippen LogP contribution in [0.25, 0.3) is 0 Å². The highest BCUT2D eigenvalue weighted by Crippen LogP contribution is 2.27. The topological polar surface area (TPSA) is 69.7 Å². The summed E-state index contributed by atoms with van der Waals surface area (Å²) in [4.78, 5) is 14.3. The molecule has 0 radical (unpaired) electrons. The molecule has 1 fully saturated rings. The van der Waals surface area contributed by atoms with E-state index in [4.69, 9.17) is 23.2 Å². The van der Waals surface area contributed by atoms with Crippen LogP contribution in [-0.2, 0) is 10.0 Å². The largest absolute Gasteiger partial charge is 0.369 e. The molecular weight excluding hydrogens is 512 g/mol. The molecule has 1 aliphatic rings. The molecular formula is C25H24Cl2FN3O3S. The van der Waals surface area contributed by atoms with Gasteiger partial charge in [-0.1, -0.05) is 35.3 Å². The first-order valence-corrected chi connectivity index (χ1v) is 13.1. The molecule has 0 atom stereocenters. The molecule has 1 amide bonds. The molecule has 0 saturated carbocycles. The number of anilines is 2. The van der Waals surface area contributed by atoms with Gasteiger partial charge >= 0.3 is 0 Å². The number of halogens is 3. The number of nitrogens with one attached hydrogen (secondary N) is 1. The van der Waals surface area contributed by atoms with Gasteiger partial charge in [-0.15, -0.1) is 0 Å². The van der Waals surface area contributed by atoms with Crippen molar-refractivity contribution in [1.82, 2.24) is 4.31 Å². The van der Waals surface area contributed by atoms with E-state index >= 15 is 0 Å². The molecule has 0 aliphatic carbocycles. The molecule has 6 nitrogen and oxygen atoms in total. The zero-order valence-corrected chi connectivity index (χ0v) is 21.5. The first kappa shape index (κ1) is 25.4. The Morgan fingerprint density at radius 1 is 0.914 bits per heavy atom. The summed E-state index contributed by atoms with van der Waals surface area (Å²) >= 11 is 11.9. The van der Waals surface area contributed by atoms with E-state index in [0.717, 1.165) is 28.9 Å². The van der Waals surface area contributed by atoms with Gasteiger partial charge in [0.2, 0.25) is 10.0 Å². The van der Waals surface area contributed by atoms with Gasteiger partial charge in [0, 0.05) is 53.2 Å². The van der Waals surface area contributed by atoms with Gasteiger partial charge in [0.15, 0.2) is 0 Å². The summed E-state index contributed by atoms with van der Waals surface area (Å²) in [5.74, 6) is -1.52. The summed E-state index contributed by atoms with van der Waals surface area (Å²) in [5.41, 5.74) is 3.63. The van der Waals surface area contributed by atoms with Crippen LogP contribution >= 0.6 is 23.2 Å². The van der Waals surface area contributed by atoms with Gasteiger partial charge in [-0.05, 0) is 67.4 Å². The second-order valence-electron chi connectivity index (χ2n) is 8.44. The monoisotopic (exact) mass is 535 g/mol. The number of carbonyl (C=O) groups is 1. The van der Waals surface area contributed by atoms with Crippen molar-refractivity contribution in [2.75, 3.05) is 36.4 Å². The fourth-order valence-electron chi connectivity index (χ4n) is 4.04. The Morgan fingerprint density at radius 3 is 2.23 bits per heavy atom. The van der Waals surface area contributed by atoms with Crippen LogP contribution in [0, 0.1) is 19.7 Å². The number of piperazine rings is 1. The fraction of sp³-hybridized carbons (Fsp3) is 0.240. The average molecular weight is 536 g/mol. The number of sulfonamides is 1. The molecule has 1 N–H and O–H groups in total. The van der Waals surface area contributed by atoms with Crippen molar-refractivity contribution in [3.8, 4) is 0 Å². The van der Waals surface area contributed by atoms with Gasteiger partial charge < -0.3 is 10.2 Å². The van der Waals surface area contributed by atoms with Crippen molar-refractivity contribution in [1.29, 1.82) is 0 Å². The van der Waals surface area contributed by atoms with Crippen LogP contribution in [-0.4, -0.2) is 44.8 Å². The lowest BCUT2D eigenvalue weighted by Gasteiger charge is -2.36. The summed E-state index contributed by atoms with van der Waals surface area (Å²) < 4.78 is 42.5. The zero-order chi connectivity index (χ0) is 25.3. The molecule has 184 valence electrons. The minimum absolute atomic E-state index is 0.00454. The first-order chi connectivity index (χ1) is 16.5. The highest BCUT2D eigenvalue weighted by atomic mass is 35.5. The summed E-state index contributed by atoms with van der Waals surface area (Å²) in [5, 5.41) is 3.26. The number of rotatable bonds is 5. The summed E-state index contributed by atoms with van der Waals surface area (Å²) in [7, 11) is -4.15. The van der Waals surface area contributed by atoms with Crippen molar-refractivity contribution < 1.29 is 17.6 Å². The quantitative estimate of drug-likeness (QED) is 0.467. The molecule has 3 aromatic rings. The summed E-state index contributed by atoms with van der Waals surface area (Å²) in [6, 6.07) is 13.9. The molecule has 35 heavy (non-hydrogen) atoms. The third-order valence-electron chi connectivity index (χ3n) is 5.88. The molecule has 0 aromatic heterocycles. The molecule has 1 heterocycles. The van der Waals surface area contributed by atoms with Crippen LogP contribution in [0.2, 0.25) is 10.0 Å². The smallest absolute Gasteiger partial charge is 0.255 e. The second kappa shape index (κ2) is 10.1. The van der Waals surface area contributed by atoms with Crippen LogP contribution in [0.5, 0.6) is 0 Å². The van der Waals surface area contributed by atoms with Gasteiger partial charge in [0.1, 0.15) is 10.7 Å². The predicted molar refractivity (Wildman–Crippen MR) is 138 cm³/mol. The molecule has 1 aliphatic heterocycles. The van der Waals surface area contributed by atoms with Crippen LogP contribution < -0.4 is 10.2 Å². The number of benzene rings is 3. The van der Waals surface area contributed by atoms with E-state index in [1.165, 1.54) is 28.6 Å². The Bertz CT molecular complexity index is 1370. The van der Waals surface area contributed by atoms with Crippen molar-refractivity contribution in [3.63, 3.8) is 0 Å². The lowest BCUT2D eigenvalue weighted by molar-refractivity contribution is 0.102. The van der Waals surface area contributed by atoms with Gasteiger partial charge in [-0.2, -0.15) is 4.31 Å². The van der Waals surface area contributed by atoms with E-state index in [1.807, 2.05) is 26.0 Å². The highest BCUT2D eigenvalue weighted by molar-refractivity contribution is 7.89. The number of carbonyl (C=O) groups excluding carboxylic acids is 1. The third kappa shape index (κ3) is 5.62. The van der Waals surface area contributed by atoms with E-state index in [1.54, 1.807) is 0 Å². The maximum absolute atomic E-state index is 14.7. The number of nitrogens with zero attached hydrogens (tertiary/aromatic N) is 2. The van der Waals surface area contributed by atoms with E-state index in [2.05, 4.69) is 16.3 Å². The third-order valence-corrected chi connectivity index (χ3v) is 8.23. The lowest BCUT2D eigenvalue weighted by Crippen LogP contribution is -2.49. The van der Waals surface area contributed by atoms with Crippen LogP contribution in [0.1, 0.15) is 21.5 Å². The molecule has 0 spiro atoms. The number of aryl methyl sites for hydroxylation is 2. The normalized spacial score (nSPS) is 14.7. The fourth-order valence-corrected chi connectivity index (χ4v) is 6.08.